The minimum Gasteiger partial charge on any atom is -0.465 e. The zero-order chi connectivity index (χ0) is 20.4. The number of halogens is 3. The summed E-state index contributed by atoms with van der Waals surface area (Å²) in [6, 6.07) is 3.56. The molecule has 1 heterocycles. The van der Waals surface area contributed by atoms with Gasteiger partial charge in [0, 0.05) is 10.1 Å². The lowest BCUT2D eigenvalue weighted by Crippen LogP contribution is -2.28. The number of thiophene rings is 1. The van der Waals surface area contributed by atoms with Crippen LogP contribution in [-0.4, -0.2) is 39.6 Å². The van der Waals surface area contributed by atoms with Crippen LogP contribution in [0.3, 0.4) is 0 Å². The van der Waals surface area contributed by atoms with E-state index in [0.717, 1.165) is 13.2 Å². The molecule has 2 rings (SSSR count). The van der Waals surface area contributed by atoms with E-state index in [1.165, 1.54) is 18.2 Å². The van der Waals surface area contributed by atoms with Gasteiger partial charge in [-0.2, -0.15) is 21.6 Å². The summed E-state index contributed by atoms with van der Waals surface area (Å²) in [5, 5.41) is -0.117. The number of ether oxygens (including phenoxy) is 2. The second kappa shape index (κ2) is 7.56. The highest BCUT2D eigenvalue weighted by molar-refractivity contribution is 7.88. The molecule has 7 nitrogen and oxygen atoms in total. The van der Waals surface area contributed by atoms with E-state index < -0.39 is 38.2 Å². The van der Waals surface area contributed by atoms with Gasteiger partial charge in [-0.25, -0.2) is 9.59 Å². The fourth-order valence-electron chi connectivity index (χ4n) is 1.88. The van der Waals surface area contributed by atoms with E-state index in [2.05, 4.69) is 15.5 Å². The molecule has 2 aromatic rings. The van der Waals surface area contributed by atoms with E-state index in [0.29, 0.717) is 11.3 Å². The molecule has 0 saturated heterocycles. The SMILES string of the molecule is C=CCOC(=O)c1ccc2c(OS(=O)(=O)C(F)(F)F)c(C(=O)OC)sc2c1. The molecule has 27 heavy (non-hydrogen) atoms. The molecule has 0 N–H and O–H groups in total. The molecule has 1 aromatic heterocycles. The van der Waals surface area contributed by atoms with Crippen molar-refractivity contribution in [3.63, 3.8) is 0 Å². The molecule has 0 saturated carbocycles. The highest BCUT2D eigenvalue weighted by Gasteiger charge is 2.49. The van der Waals surface area contributed by atoms with Crippen molar-refractivity contribution >= 4 is 43.5 Å². The molecule has 0 amide bonds. The Morgan fingerprint density at radius 2 is 1.93 bits per heavy atom. The maximum Gasteiger partial charge on any atom is 0.534 e. The summed E-state index contributed by atoms with van der Waals surface area (Å²) < 4.78 is 74.2. The van der Waals surface area contributed by atoms with Gasteiger partial charge in [0.1, 0.15) is 6.61 Å². The monoisotopic (exact) mass is 424 g/mol. The van der Waals surface area contributed by atoms with Gasteiger partial charge in [-0.3, -0.25) is 0 Å². The van der Waals surface area contributed by atoms with Gasteiger partial charge < -0.3 is 13.7 Å². The fourth-order valence-corrected chi connectivity index (χ4v) is 3.51. The van der Waals surface area contributed by atoms with E-state index in [-0.39, 0.29) is 22.3 Å². The van der Waals surface area contributed by atoms with E-state index in [1.54, 1.807) is 0 Å². The molecule has 0 aliphatic heterocycles. The first-order chi connectivity index (χ1) is 12.5. The number of esters is 2. The van der Waals surface area contributed by atoms with Crippen molar-refractivity contribution in [1.82, 2.24) is 0 Å². The van der Waals surface area contributed by atoms with Crippen molar-refractivity contribution in [2.45, 2.75) is 5.51 Å². The second-order valence-electron chi connectivity index (χ2n) is 4.83. The quantitative estimate of drug-likeness (QED) is 0.304. The van der Waals surface area contributed by atoms with E-state index in [4.69, 9.17) is 4.74 Å². The number of carbonyl (C=O) groups excluding carboxylic acids is 2. The van der Waals surface area contributed by atoms with E-state index >= 15 is 0 Å². The number of rotatable bonds is 6. The van der Waals surface area contributed by atoms with Crippen LogP contribution in [0.1, 0.15) is 20.0 Å². The Kier molecular flexibility index (Phi) is 5.80. The summed E-state index contributed by atoms with van der Waals surface area (Å²) in [4.78, 5) is 23.2. The summed E-state index contributed by atoms with van der Waals surface area (Å²) in [6.45, 7) is 3.32. The summed E-state index contributed by atoms with van der Waals surface area (Å²) in [7, 11) is -5.05. The van der Waals surface area contributed by atoms with Gasteiger partial charge in [0.15, 0.2) is 10.6 Å². The normalized spacial score (nSPS) is 11.9. The predicted octanol–water partition coefficient (Wildman–Crippen LogP) is 3.26. The standard InChI is InChI=1S/C15H11F3O7S2/c1-3-6-24-13(19)8-4-5-9-10(7-8)26-12(14(20)23-2)11(9)25-27(21,22)15(16,17)18/h3-5,7H,1,6H2,2H3. The summed E-state index contributed by atoms with van der Waals surface area (Å²) in [5.74, 6) is -2.67. The third-order valence-corrected chi connectivity index (χ3v) is 5.13. The van der Waals surface area contributed by atoms with Crippen molar-refractivity contribution in [3.8, 4) is 5.75 Å². The minimum atomic E-state index is -6.02. The maximum absolute atomic E-state index is 12.6. The Balaban J connectivity index is 2.59. The first kappa shape index (κ1) is 20.7. The van der Waals surface area contributed by atoms with Crippen LogP contribution in [0.15, 0.2) is 30.9 Å². The van der Waals surface area contributed by atoms with Crippen LogP contribution < -0.4 is 4.18 Å². The fraction of sp³-hybridized carbons (Fsp3) is 0.200. The van der Waals surface area contributed by atoms with Crippen LogP contribution in [0, 0.1) is 0 Å². The number of fused-ring (bicyclic) bond motifs is 1. The van der Waals surface area contributed by atoms with Crippen LogP contribution >= 0.6 is 11.3 Å². The van der Waals surface area contributed by atoms with Gasteiger partial charge in [0.25, 0.3) is 0 Å². The van der Waals surface area contributed by atoms with Gasteiger partial charge in [0.2, 0.25) is 0 Å². The second-order valence-corrected chi connectivity index (χ2v) is 7.42. The van der Waals surface area contributed by atoms with Gasteiger partial charge in [-0.05, 0) is 18.2 Å². The average Bonchev–Trinajstić information content (AvgIpc) is 2.95. The predicted molar refractivity (Wildman–Crippen MR) is 89.2 cm³/mol. The molecule has 0 unspecified atom stereocenters. The number of hydrogen-bond donors (Lipinski definition) is 0. The summed E-state index contributed by atoms with van der Waals surface area (Å²) in [5.41, 5.74) is -5.66. The Morgan fingerprint density at radius 1 is 1.26 bits per heavy atom. The number of benzene rings is 1. The van der Waals surface area contributed by atoms with Crippen molar-refractivity contribution < 1.29 is 44.8 Å². The number of alkyl halides is 3. The lowest BCUT2D eigenvalue weighted by molar-refractivity contribution is -0.0500. The summed E-state index contributed by atoms with van der Waals surface area (Å²) in [6.07, 6.45) is 1.34. The Morgan fingerprint density at radius 3 is 2.48 bits per heavy atom. The van der Waals surface area contributed by atoms with Gasteiger partial charge >= 0.3 is 27.6 Å². The van der Waals surface area contributed by atoms with Crippen LogP contribution in [0.25, 0.3) is 10.1 Å². The lowest BCUT2D eigenvalue weighted by atomic mass is 10.1. The van der Waals surface area contributed by atoms with Crippen molar-refractivity contribution in [2.24, 2.45) is 0 Å². The van der Waals surface area contributed by atoms with Crippen molar-refractivity contribution in [2.75, 3.05) is 13.7 Å². The highest BCUT2D eigenvalue weighted by atomic mass is 32.2. The number of methoxy groups -OCH3 is 1. The van der Waals surface area contributed by atoms with E-state index in [9.17, 15) is 31.2 Å². The number of carbonyl (C=O) groups is 2. The van der Waals surface area contributed by atoms with E-state index in [1.807, 2.05) is 0 Å². The Hall–Kier alpha value is -2.60. The molecule has 12 heteroatoms. The molecule has 0 aliphatic carbocycles. The first-order valence-corrected chi connectivity index (χ1v) is 9.18. The van der Waals surface area contributed by atoms with Crippen molar-refractivity contribution in [1.29, 1.82) is 0 Å². The topological polar surface area (TPSA) is 96.0 Å². The van der Waals surface area contributed by atoms with Gasteiger partial charge in [-0.15, -0.1) is 11.3 Å². The average molecular weight is 424 g/mol. The zero-order valence-electron chi connectivity index (χ0n) is 13.5. The molecule has 146 valence electrons. The lowest BCUT2D eigenvalue weighted by Gasteiger charge is -2.10. The Bertz CT molecular complexity index is 1010. The van der Waals surface area contributed by atoms with Crippen LogP contribution in [-0.2, 0) is 19.6 Å². The Labute approximate surface area is 155 Å². The zero-order valence-corrected chi connectivity index (χ0v) is 15.2. The molecule has 0 bridgehead atoms. The molecular formula is C15H11F3O7S2. The number of hydrogen-bond acceptors (Lipinski definition) is 8. The molecule has 0 spiro atoms. The van der Waals surface area contributed by atoms with Crippen LogP contribution in [0.5, 0.6) is 5.75 Å². The molecule has 0 radical (unpaired) electrons. The molecule has 0 aliphatic rings. The first-order valence-electron chi connectivity index (χ1n) is 6.95. The largest absolute Gasteiger partial charge is 0.534 e. The molecular weight excluding hydrogens is 413 g/mol. The maximum atomic E-state index is 12.6. The van der Waals surface area contributed by atoms with Gasteiger partial charge in [0.05, 0.1) is 12.7 Å². The van der Waals surface area contributed by atoms with Crippen molar-refractivity contribution in [3.05, 3.63) is 41.3 Å². The molecule has 0 atom stereocenters. The van der Waals surface area contributed by atoms with Crippen LogP contribution in [0.2, 0.25) is 0 Å². The van der Waals surface area contributed by atoms with Gasteiger partial charge in [-0.1, -0.05) is 12.7 Å². The third-order valence-electron chi connectivity index (χ3n) is 3.06. The smallest absolute Gasteiger partial charge is 0.465 e. The summed E-state index contributed by atoms with van der Waals surface area (Å²) >= 11 is 0.604. The third kappa shape index (κ3) is 4.22. The minimum absolute atomic E-state index is 0.0345. The molecule has 0 fully saturated rings. The highest BCUT2D eigenvalue weighted by Crippen LogP contribution is 2.41. The van der Waals surface area contributed by atoms with Crippen LogP contribution in [0.4, 0.5) is 13.2 Å². The molecule has 1 aromatic carbocycles.